The van der Waals surface area contributed by atoms with Gasteiger partial charge < -0.3 is 5.73 Å². The van der Waals surface area contributed by atoms with Crippen LogP contribution in [0.5, 0.6) is 0 Å². The van der Waals surface area contributed by atoms with Gasteiger partial charge in [-0.05, 0) is 52.7 Å². The van der Waals surface area contributed by atoms with Crippen molar-refractivity contribution in [3.63, 3.8) is 0 Å². The van der Waals surface area contributed by atoms with E-state index in [1.54, 1.807) is 0 Å². The van der Waals surface area contributed by atoms with Crippen molar-refractivity contribution in [2.45, 2.75) is 23.8 Å². The fourth-order valence-corrected chi connectivity index (χ4v) is 5.40. The van der Waals surface area contributed by atoms with Gasteiger partial charge in [-0.1, -0.05) is 6.07 Å². The Morgan fingerprint density at radius 1 is 1.29 bits per heavy atom. The molecule has 1 heterocycles. The van der Waals surface area contributed by atoms with Gasteiger partial charge in [0.2, 0.25) is 10.0 Å². The van der Waals surface area contributed by atoms with E-state index in [9.17, 15) is 12.8 Å². The van der Waals surface area contributed by atoms with E-state index in [4.69, 9.17) is 5.73 Å². The van der Waals surface area contributed by atoms with Gasteiger partial charge in [0, 0.05) is 19.1 Å². The second-order valence-electron chi connectivity index (χ2n) is 5.54. The van der Waals surface area contributed by atoms with E-state index in [2.05, 4.69) is 15.9 Å². The Morgan fingerprint density at radius 2 is 2.00 bits per heavy atom. The Morgan fingerprint density at radius 3 is 2.67 bits per heavy atom. The first kappa shape index (κ1) is 17.1. The van der Waals surface area contributed by atoms with Crippen LogP contribution in [0.15, 0.2) is 27.6 Å². The lowest BCUT2D eigenvalue weighted by molar-refractivity contribution is 0.424. The molecule has 3 rings (SSSR count). The maximum Gasteiger partial charge on any atom is 0.246 e. The molecule has 3 unspecified atom stereocenters. The molecule has 118 valence electrons. The molecule has 2 N–H and O–H groups in total. The van der Waals surface area contributed by atoms with E-state index < -0.39 is 15.8 Å². The van der Waals surface area contributed by atoms with Gasteiger partial charge in [-0.3, -0.25) is 0 Å². The number of hydrogen-bond acceptors (Lipinski definition) is 3. The molecule has 3 atom stereocenters. The Labute approximate surface area is 138 Å². The molecule has 0 aromatic heterocycles. The molecule has 1 saturated carbocycles. The summed E-state index contributed by atoms with van der Waals surface area (Å²) in [5.41, 5.74) is 6.02. The molecule has 1 saturated heterocycles. The number of hydrogen-bond donors (Lipinski definition) is 1. The zero-order valence-electron chi connectivity index (χ0n) is 11.2. The number of benzene rings is 1. The summed E-state index contributed by atoms with van der Waals surface area (Å²) in [4.78, 5) is -0.264. The van der Waals surface area contributed by atoms with E-state index in [1.165, 1.54) is 22.5 Å². The lowest BCUT2D eigenvalue weighted by Gasteiger charge is -2.19. The average molecular weight is 400 g/mol. The van der Waals surface area contributed by atoms with Gasteiger partial charge in [-0.15, -0.1) is 12.4 Å². The van der Waals surface area contributed by atoms with Crippen molar-refractivity contribution >= 4 is 38.4 Å². The number of nitrogens with two attached hydrogens (primary N) is 1. The molecular weight excluding hydrogens is 383 g/mol. The molecule has 1 aliphatic carbocycles. The minimum Gasteiger partial charge on any atom is -0.327 e. The van der Waals surface area contributed by atoms with Crippen molar-refractivity contribution < 1.29 is 12.8 Å². The highest BCUT2D eigenvalue weighted by Crippen LogP contribution is 2.39. The maximum atomic E-state index is 14.0. The number of nitrogens with zero attached hydrogens (tertiary/aromatic N) is 1. The van der Waals surface area contributed by atoms with Crippen LogP contribution in [0, 0.1) is 17.7 Å². The van der Waals surface area contributed by atoms with Crippen LogP contribution in [0.2, 0.25) is 0 Å². The quantitative estimate of drug-likeness (QED) is 0.830. The summed E-state index contributed by atoms with van der Waals surface area (Å²) in [5.74, 6) is -0.205. The standard InChI is InChI=1S/C13H16BrFN2O2S.ClH/c14-10-2-1-3-12(13(10)15)20(18,19)17-6-8-4-5-11(16)9(8)7-17;/h1-3,8-9,11H,4-7,16H2;1H. The van der Waals surface area contributed by atoms with Crippen LogP contribution < -0.4 is 5.73 Å². The van der Waals surface area contributed by atoms with Crippen molar-refractivity contribution in [2.24, 2.45) is 17.6 Å². The number of fused-ring (bicyclic) bond motifs is 1. The van der Waals surface area contributed by atoms with Gasteiger partial charge in [0.25, 0.3) is 0 Å². The van der Waals surface area contributed by atoms with E-state index in [0.717, 1.165) is 12.8 Å². The third-order valence-electron chi connectivity index (χ3n) is 4.41. The van der Waals surface area contributed by atoms with Crippen LogP contribution in [-0.2, 0) is 10.0 Å². The Bertz CT molecular complexity index is 643. The SMILES string of the molecule is Cl.NC1CCC2CN(S(=O)(=O)c3cccc(Br)c3F)CC12. The van der Waals surface area contributed by atoms with Crippen molar-refractivity contribution in [2.75, 3.05) is 13.1 Å². The molecule has 1 aromatic carbocycles. The van der Waals surface area contributed by atoms with Crippen LogP contribution in [0.4, 0.5) is 4.39 Å². The Kier molecular flexibility index (Phi) is 5.00. The van der Waals surface area contributed by atoms with Crippen LogP contribution in [0.25, 0.3) is 0 Å². The summed E-state index contributed by atoms with van der Waals surface area (Å²) in [5, 5.41) is 0. The molecule has 2 fully saturated rings. The Balaban J connectivity index is 0.00000161. The summed E-state index contributed by atoms with van der Waals surface area (Å²) < 4.78 is 40.7. The maximum absolute atomic E-state index is 14.0. The highest BCUT2D eigenvalue weighted by Gasteiger charge is 2.45. The second kappa shape index (κ2) is 6.12. The summed E-state index contributed by atoms with van der Waals surface area (Å²) in [7, 11) is -3.78. The van der Waals surface area contributed by atoms with E-state index >= 15 is 0 Å². The van der Waals surface area contributed by atoms with Gasteiger partial charge in [-0.2, -0.15) is 4.31 Å². The number of halogens is 3. The average Bonchev–Trinajstić information content (AvgIpc) is 2.96. The summed E-state index contributed by atoms with van der Waals surface area (Å²) in [6, 6.07) is 4.39. The van der Waals surface area contributed by atoms with Gasteiger partial charge in [0.05, 0.1) is 4.47 Å². The minimum absolute atomic E-state index is 0. The molecular formula is C13H17BrClFN2O2S. The summed E-state index contributed by atoms with van der Waals surface area (Å²) in [6.45, 7) is 0.854. The predicted molar refractivity (Wildman–Crippen MR) is 84.3 cm³/mol. The van der Waals surface area contributed by atoms with Gasteiger partial charge in [0.15, 0.2) is 5.82 Å². The topological polar surface area (TPSA) is 63.4 Å². The van der Waals surface area contributed by atoms with Crippen LogP contribution >= 0.6 is 28.3 Å². The van der Waals surface area contributed by atoms with Gasteiger partial charge in [-0.25, -0.2) is 12.8 Å². The molecule has 2 aliphatic rings. The zero-order valence-corrected chi connectivity index (χ0v) is 14.4. The third kappa shape index (κ3) is 2.86. The third-order valence-corrected chi connectivity index (χ3v) is 6.87. The lowest BCUT2D eigenvalue weighted by atomic mass is 9.98. The Hall–Kier alpha value is -0.210. The van der Waals surface area contributed by atoms with E-state index in [1.807, 2.05) is 0 Å². The number of sulfonamides is 1. The zero-order chi connectivity index (χ0) is 14.5. The summed E-state index contributed by atoms with van der Waals surface area (Å²) >= 11 is 3.03. The largest absolute Gasteiger partial charge is 0.327 e. The summed E-state index contributed by atoms with van der Waals surface area (Å²) in [6.07, 6.45) is 1.91. The van der Waals surface area contributed by atoms with Crippen molar-refractivity contribution in [1.82, 2.24) is 4.31 Å². The molecule has 0 spiro atoms. The van der Waals surface area contributed by atoms with Crippen molar-refractivity contribution in [3.05, 3.63) is 28.5 Å². The molecule has 21 heavy (non-hydrogen) atoms. The van der Waals surface area contributed by atoms with Crippen molar-refractivity contribution in [3.8, 4) is 0 Å². The lowest BCUT2D eigenvalue weighted by Crippen LogP contribution is -2.33. The molecule has 0 amide bonds. The molecule has 0 radical (unpaired) electrons. The molecule has 1 aliphatic heterocycles. The van der Waals surface area contributed by atoms with Crippen molar-refractivity contribution in [1.29, 1.82) is 0 Å². The fraction of sp³-hybridized carbons (Fsp3) is 0.538. The first-order valence-electron chi connectivity index (χ1n) is 6.61. The van der Waals surface area contributed by atoms with E-state index in [0.29, 0.717) is 19.0 Å². The first-order chi connectivity index (χ1) is 9.41. The highest BCUT2D eigenvalue weighted by molar-refractivity contribution is 9.10. The molecule has 0 bridgehead atoms. The smallest absolute Gasteiger partial charge is 0.246 e. The fourth-order valence-electron chi connectivity index (χ4n) is 3.29. The van der Waals surface area contributed by atoms with Crippen LogP contribution in [-0.4, -0.2) is 31.9 Å². The molecule has 4 nitrogen and oxygen atoms in total. The van der Waals surface area contributed by atoms with E-state index in [-0.39, 0.29) is 33.7 Å². The minimum atomic E-state index is -3.78. The van der Waals surface area contributed by atoms with Crippen LogP contribution in [0.3, 0.4) is 0 Å². The highest BCUT2D eigenvalue weighted by atomic mass is 79.9. The monoisotopic (exact) mass is 398 g/mol. The first-order valence-corrected chi connectivity index (χ1v) is 8.84. The predicted octanol–water partition coefficient (Wildman–Crippen LogP) is 2.37. The van der Waals surface area contributed by atoms with Crippen LogP contribution in [0.1, 0.15) is 12.8 Å². The second-order valence-corrected chi connectivity index (χ2v) is 8.30. The molecule has 1 aromatic rings. The molecule has 8 heteroatoms. The number of rotatable bonds is 2. The normalized spacial score (nSPS) is 29.2. The van der Waals surface area contributed by atoms with Gasteiger partial charge in [0.1, 0.15) is 4.90 Å². The van der Waals surface area contributed by atoms with Gasteiger partial charge >= 0.3 is 0 Å².